The molecule has 9 nitrogen and oxygen atoms in total. The highest BCUT2D eigenvalue weighted by Crippen LogP contribution is 2.25. The highest BCUT2D eigenvalue weighted by atomic mass is 16.6. The van der Waals surface area contributed by atoms with Gasteiger partial charge in [-0.25, -0.2) is 5.43 Å². The Morgan fingerprint density at radius 3 is 2.60 bits per heavy atom. The summed E-state index contributed by atoms with van der Waals surface area (Å²) in [5.74, 6) is 0.220. The number of benzene rings is 2. The second kappa shape index (κ2) is 8.29. The average molecular weight is 345 g/mol. The Bertz CT molecular complexity index is 789. The third-order valence-corrected chi connectivity index (χ3v) is 3.03. The summed E-state index contributed by atoms with van der Waals surface area (Å²) in [4.78, 5) is 21.6. The number of hydrogen-bond acceptors (Lipinski definition) is 7. The van der Waals surface area contributed by atoms with E-state index in [0.717, 1.165) is 6.07 Å². The standard InChI is InChI=1S/C16H15N3O6/c1-24-12-3-5-13(6-4-12)25-10-16(21)18-17-9-11-2-7-15(20)14(8-11)19(22)23/h2-9,20H,10H2,1H3,(H,18,21)/b17-9-. The number of nitro benzene ring substituents is 1. The zero-order chi connectivity index (χ0) is 18.2. The number of hydrogen-bond donors (Lipinski definition) is 2. The first-order valence-corrected chi connectivity index (χ1v) is 7.06. The number of rotatable bonds is 7. The molecule has 0 aliphatic carbocycles. The van der Waals surface area contributed by atoms with Gasteiger partial charge in [-0.2, -0.15) is 5.10 Å². The molecule has 0 radical (unpaired) electrons. The maximum absolute atomic E-state index is 11.6. The zero-order valence-corrected chi connectivity index (χ0v) is 13.2. The molecule has 0 bridgehead atoms. The first-order valence-electron chi connectivity index (χ1n) is 7.06. The van der Waals surface area contributed by atoms with Crippen molar-refractivity contribution in [3.05, 3.63) is 58.1 Å². The van der Waals surface area contributed by atoms with Crippen molar-refractivity contribution >= 4 is 17.8 Å². The van der Waals surface area contributed by atoms with Gasteiger partial charge in [-0.05, 0) is 36.4 Å². The van der Waals surface area contributed by atoms with Gasteiger partial charge in [0, 0.05) is 11.6 Å². The smallest absolute Gasteiger partial charge is 0.311 e. The quantitative estimate of drug-likeness (QED) is 0.448. The molecule has 2 aromatic rings. The van der Waals surface area contributed by atoms with Crippen LogP contribution in [-0.4, -0.2) is 35.9 Å². The van der Waals surface area contributed by atoms with Crippen LogP contribution in [0.4, 0.5) is 5.69 Å². The van der Waals surface area contributed by atoms with Crippen molar-refractivity contribution in [2.45, 2.75) is 0 Å². The monoisotopic (exact) mass is 345 g/mol. The van der Waals surface area contributed by atoms with Crippen LogP contribution in [0.3, 0.4) is 0 Å². The second-order valence-corrected chi connectivity index (χ2v) is 4.76. The van der Waals surface area contributed by atoms with Gasteiger partial charge in [-0.1, -0.05) is 0 Å². The molecule has 0 unspecified atom stereocenters. The number of amides is 1. The molecule has 1 amide bonds. The third kappa shape index (κ3) is 5.20. The molecule has 0 aromatic heterocycles. The Morgan fingerprint density at radius 1 is 1.28 bits per heavy atom. The van der Waals surface area contributed by atoms with E-state index in [1.807, 2.05) is 0 Å². The average Bonchev–Trinajstić information content (AvgIpc) is 2.61. The first kappa shape index (κ1) is 17.7. The van der Waals surface area contributed by atoms with E-state index in [4.69, 9.17) is 9.47 Å². The number of nitrogens with one attached hydrogen (secondary N) is 1. The van der Waals surface area contributed by atoms with Crippen molar-refractivity contribution < 1.29 is 24.3 Å². The topological polar surface area (TPSA) is 123 Å². The van der Waals surface area contributed by atoms with Crippen molar-refractivity contribution in [3.8, 4) is 17.2 Å². The summed E-state index contributed by atoms with van der Waals surface area (Å²) >= 11 is 0. The molecule has 25 heavy (non-hydrogen) atoms. The van der Waals surface area contributed by atoms with Crippen LogP contribution in [-0.2, 0) is 4.79 Å². The van der Waals surface area contributed by atoms with Gasteiger partial charge in [0.2, 0.25) is 0 Å². The fraction of sp³-hybridized carbons (Fsp3) is 0.125. The maximum atomic E-state index is 11.6. The summed E-state index contributed by atoms with van der Waals surface area (Å²) < 4.78 is 10.3. The number of aromatic hydroxyl groups is 1. The van der Waals surface area contributed by atoms with Crippen LogP contribution in [0, 0.1) is 10.1 Å². The van der Waals surface area contributed by atoms with Crippen LogP contribution >= 0.6 is 0 Å². The van der Waals surface area contributed by atoms with Crippen molar-refractivity contribution in [1.29, 1.82) is 0 Å². The minimum Gasteiger partial charge on any atom is -0.502 e. The summed E-state index contributed by atoms with van der Waals surface area (Å²) in [6.45, 7) is -0.251. The number of hydrazone groups is 1. The van der Waals surface area contributed by atoms with Gasteiger partial charge < -0.3 is 14.6 Å². The molecule has 0 aliphatic rings. The molecule has 0 atom stereocenters. The number of carbonyl (C=O) groups excluding carboxylic acids is 1. The number of methoxy groups -OCH3 is 1. The number of carbonyl (C=O) groups is 1. The highest BCUT2D eigenvalue weighted by Gasteiger charge is 2.12. The van der Waals surface area contributed by atoms with Gasteiger partial charge in [0.1, 0.15) is 11.5 Å². The van der Waals surface area contributed by atoms with E-state index in [1.165, 1.54) is 18.3 Å². The Morgan fingerprint density at radius 2 is 1.96 bits per heavy atom. The van der Waals surface area contributed by atoms with Crippen LogP contribution in [0.1, 0.15) is 5.56 Å². The van der Waals surface area contributed by atoms with Gasteiger partial charge in [0.05, 0.1) is 18.2 Å². The maximum Gasteiger partial charge on any atom is 0.311 e. The fourth-order valence-corrected chi connectivity index (χ4v) is 1.80. The van der Waals surface area contributed by atoms with E-state index in [9.17, 15) is 20.0 Å². The zero-order valence-electron chi connectivity index (χ0n) is 13.2. The summed E-state index contributed by atoms with van der Waals surface area (Å²) in [7, 11) is 1.55. The lowest BCUT2D eigenvalue weighted by Crippen LogP contribution is -2.24. The van der Waals surface area contributed by atoms with Gasteiger partial charge in [0.25, 0.3) is 5.91 Å². The molecule has 9 heteroatoms. The largest absolute Gasteiger partial charge is 0.502 e. The molecule has 0 saturated carbocycles. The summed E-state index contributed by atoms with van der Waals surface area (Å²) in [5, 5.41) is 23.8. The number of nitro groups is 1. The first-order chi connectivity index (χ1) is 12.0. The number of ether oxygens (including phenoxy) is 2. The minimum atomic E-state index is -0.714. The number of phenols is 1. The van der Waals surface area contributed by atoms with E-state index in [-0.39, 0.29) is 6.61 Å². The number of phenolic OH excluding ortho intramolecular Hbond substituents is 1. The molecule has 2 rings (SSSR count). The Hall–Kier alpha value is -3.62. The third-order valence-electron chi connectivity index (χ3n) is 3.03. The van der Waals surface area contributed by atoms with E-state index in [2.05, 4.69) is 10.5 Å². The molecule has 2 aromatic carbocycles. The van der Waals surface area contributed by atoms with Crippen molar-refractivity contribution in [1.82, 2.24) is 5.43 Å². The van der Waals surface area contributed by atoms with E-state index >= 15 is 0 Å². The van der Waals surface area contributed by atoms with Crippen molar-refractivity contribution in [2.75, 3.05) is 13.7 Å². The molecular formula is C16H15N3O6. The molecule has 0 heterocycles. The second-order valence-electron chi connectivity index (χ2n) is 4.76. The van der Waals surface area contributed by atoms with Crippen LogP contribution < -0.4 is 14.9 Å². The summed E-state index contributed by atoms with van der Waals surface area (Å²) in [6.07, 6.45) is 1.22. The fourth-order valence-electron chi connectivity index (χ4n) is 1.80. The van der Waals surface area contributed by atoms with Gasteiger partial charge >= 0.3 is 5.69 Å². The lowest BCUT2D eigenvalue weighted by Gasteiger charge is -2.05. The lowest BCUT2D eigenvalue weighted by atomic mass is 10.2. The van der Waals surface area contributed by atoms with Crippen LogP contribution in [0.25, 0.3) is 0 Å². The van der Waals surface area contributed by atoms with E-state index < -0.39 is 22.3 Å². The molecule has 0 fully saturated rings. The predicted octanol–water partition coefficient (Wildman–Crippen LogP) is 1.84. The van der Waals surface area contributed by atoms with Crippen LogP contribution in [0.2, 0.25) is 0 Å². The van der Waals surface area contributed by atoms with Crippen LogP contribution in [0.15, 0.2) is 47.6 Å². The summed E-state index contributed by atoms with van der Waals surface area (Å²) in [6, 6.07) is 10.4. The van der Waals surface area contributed by atoms with Crippen molar-refractivity contribution in [2.24, 2.45) is 5.10 Å². The minimum absolute atomic E-state index is 0.251. The van der Waals surface area contributed by atoms with Gasteiger partial charge in [-0.3, -0.25) is 14.9 Å². The molecule has 0 saturated heterocycles. The molecule has 130 valence electrons. The highest BCUT2D eigenvalue weighted by molar-refractivity contribution is 5.84. The predicted molar refractivity (Wildman–Crippen MR) is 89.0 cm³/mol. The lowest BCUT2D eigenvalue weighted by molar-refractivity contribution is -0.385. The van der Waals surface area contributed by atoms with Gasteiger partial charge in [-0.15, -0.1) is 0 Å². The Kier molecular flexibility index (Phi) is 5.88. The van der Waals surface area contributed by atoms with E-state index in [1.54, 1.807) is 31.4 Å². The molecular weight excluding hydrogens is 330 g/mol. The number of nitrogens with zero attached hydrogens (tertiary/aromatic N) is 2. The Labute approximate surface area is 142 Å². The van der Waals surface area contributed by atoms with Crippen molar-refractivity contribution in [3.63, 3.8) is 0 Å². The van der Waals surface area contributed by atoms with E-state index in [0.29, 0.717) is 17.1 Å². The van der Waals surface area contributed by atoms with Gasteiger partial charge in [0.15, 0.2) is 12.4 Å². The normalized spacial score (nSPS) is 10.4. The SMILES string of the molecule is COc1ccc(OCC(=O)N/N=C\c2ccc(O)c([N+](=O)[O-])c2)cc1. The molecule has 0 spiro atoms. The summed E-state index contributed by atoms with van der Waals surface area (Å²) in [5.41, 5.74) is 2.14. The van der Waals surface area contributed by atoms with Crippen LogP contribution in [0.5, 0.6) is 17.2 Å². The molecule has 2 N–H and O–H groups in total. The Balaban J connectivity index is 1.85. The molecule has 0 aliphatic heterocycles.